The maximum absolute atomic E-state index is 13.2. The van der Waals surface area contributed by atoms with E-state index in [1.165, 1.54) is 12.1 Å². The van der Waals surface area contributed by atoms with Crippen LogP contribution in [0.15, 0.2) is 22.7 Å². The summed E-state index contributed by atoms with van der Waals surface area (Å²) in [7, 11) is 0. The van der Waals surface area contributed by atoms with E-state index in [4.69, 9.17) is 5.73 Å². The van der Waals surface area contributed by atoms with Crippen molar-refractivity contribution in [1.29, 1.82) is 0 Å². The van der Waals surface area contributed by atoms with E-state index >= 15 is 0 Å². The van der Waals surface area contributed by atoms with Gasteiger partial charge in [0.05, 0.1) is 5.52 Å². The van der Waals surface area contributed by atoms with Crippen LogP contribution in [0.4, 0.5) is 4.39 Å². The second-order valence-electron chi connectivity index (χ2n) is 2.87. The van der Waals surface area contributed by atoms with Gasteiger partial charge >= 0.3 is 0 Å². The summed E-state index contributed by atoms with van der Waals surface area (Å²) < 4.78 is 14.0. The van der Waals surface area contributed by atoms with Gasteiger partial charge in [0, 0.05) is 9.86 Å². The first kappa shape index (κ1) is 9.21. The van der Waals surface area contributed by atoms with Gasteiger partial charge in [-0.3, -0.25) is 4.79 Å². The van der Waals surface area contributed by atoms with Crippen LogP contribution in [0, 0.1) is 5.82 Å². The Morgan fingerprint density at radius 2 is 2.21 bits per heavy atom. The van der Waals surface area contributed by atoms with E-state index in [2.05, 4.69) is 20.9 Å². The lowest BCUT2D eigenvalue weighted by molar-refractivity contribution is 0.0996. The molecule has 1 heterocycles. The van der Waals surface area contributed by atoms with Crippen molar-refractivity contribution in [3.05, 3.63) is 34.2 Å². The lowest BCUT2D eigenvalue weighted by Gasteiger charge is -1.94. The molecular weight excluding hydrogens is 251 g/mol. The van der Waals surface area contributed by atoms with Gasteiger partial charge in [-0.05, 0) is 18.2 Å². The molecule has 0 saturated carbocycles. The van der Waals surface area contributed by atoms with Crippen LogP contribution < -0.4 is 5.73 Å². The number of amides is 1. The van der Waals surface area contributed by atoms with Crippen molar-refractivity contribution >= 4 is 32.7 Å². The first-order valence-electron chi connectivity index (χ1n) is 3.86. The van der Waals surface area contributed by atoms with E-state index in [1.807, 2.05) is 0 Å². The van der Waals surface area contributed by atoms with Gasteiger partial charge in [0.2, 0.25) is 0 Å². The smallest absolute Gasteiger partial charge is 0.265 e. The molecule has 0 bridgehead atoms. The molecule has 0 atom stereocenters. The molecule has 3 nitrogen and oxygen atoms in total. The summed E-state index contributed by atoms with van der Waals surface area (Å²) in [5, 5.41) is 0.610. The summed E-state index contributed by atoms with van der Waals surface area (Å²) in [5.41, 5.74) is 5.55. The average Bonchev–Trinajstić information content (AvgIpc) is 2.57. The van der Waals surface area contributed by atoms with Crippen LogP contribution in [-0.2, 0) is 0 Å². The Morgan fingerprint density at radius 3 is 2.79 bits per heavy atom. The third kappa shape index (κ3) is 1.29. The number of benzene rings is 1. The molecule has 0 saturated heterocycles. The van der Waals surface area contributed by atoms with Crippen molar-refractivity contribution in [3.8, 4) is 0 Å². The largest absolute Gasteiger partial charge is 0.364 e. The predicted molar refractivity (Wildman–Crippen MR) is 54.5 cm³/mol. The maximum Gasteiger partial charge on any atom is 0.265 e. The fourth-order valence-electron chi connectivity index (χ4n) is 1.28. The lowest BCUT2D eigenvalue weighted by atomic mass is 10.2. The molecule has 0 aliphatic carbocycles. The molecule has 2 rings (SSSR count). The highest BCUT2D eigenvalue weighted by Crippen LogP contribution is 2.26. The van der Waals surface area contributed by atoms with Gasteiger partial charge in [-0.25, -0.2) is 4.39 Å². The van der Waals surface area contributed by atoms with Crippen LogP contribution in [0.1, 0.15) is 10.5 Å². The SMILES string of the molecule is NC(=O)c1cc2c(Br)ccc(F)c2[nH]1. The number of nitrogens with two attached hydrogens (primary N) is 1. The van der Waals surface area contributed by atoms with E-state index in [0.717, 1.165) is 4.47 Å². The molecule has 5 heteroatoms. The van der Waals surface area contributed by atoms with Crippen LogP contribution >= 0.6 is 15.9 Å². The van der Waals surface area contributed by atoms with Gasteiger partial charge in [0.1, 0.15) is 11.5 Å². The summed E-state index contributed by atoms with van der Waals surface area (Å²) >= 11 is 3.25. The number of H-pyrrole nitrogens is 1. The fourth-order valence-corrected chi connectivity index (χ4v) is 1.73. The highest BCUT2D eigenvalue weighted by molar-refractivity contribution is 9.10. The minimum absolute atomic E-state index is 0.200. The van der Waals surface area contributed by atoms with Gasteiger partial charge in [-0.15, -0.1) is 0 Å². The molecular formula is C9H6BrFN2O. The molecule has 3 N–H and O–H groups in total. The number of fused-ring (bicyclic) bond motifs is 1. The molecule has 72 valence electrons. The van der Waals surface area contributed by atoms with E-state index in [9.17, 15) is 9.18 Å². The molecule has 1 amide bonds. The number of carbonyl (C=O) groups excluding carboxylic acids is 1. The fraction of sp³-hybridized carbons (Fsp3) is 0. The minimum atomic E-state index is -0.604. The Hall–Kier alpha value is -1.36. The topological polar surface area (TPSA) is 58.9 Å². The Balaban J connectivity index is 2.82. The molecule has 0 aliphatic rings. The number of hydrogen-bond donors (Lipinski definition) is 2. The highest BCUT2D eigenvalue weighted by Gasteiger charge is 2.10. The Labute approximate surface area is 87.2 Å². The Morgan fingerprint density at radius 1 is 1.50 bits per heavy atom. The summed E-state index contributed by atoms with van der Waals surface area (Å²) in [6.07, 6.45) is 0. The minimum Gasteiger partial charge on any atom is -0.364 e. The average molecular weight is 257 g/mol. The standard InChI is InChI=1S/C9H6BrFN2O/c10-5-1-2-6(11)8-4(5)3-7(13-8)9(12)14/h1-3,13H,(H2,12,14). The number of aromatic amines is 1. The van der Waals surface area contributed by atoms with Crippen molar-refractivity contribution in [2.75, 3.05) is 0 Å². The number of hydrogen-bond acceptors (Lipinski definition) is 1. The van der Waals surface area contributed by atoms with E-state index in [0.29, 0.717) is 5.39 Å². The van der Waals surface area contributed by atoms with E-state index < -0.39 is 11.7 Å². The van der Waals surface area contributed by atoms with E-state index in [-0.39, 0.29) is 11.2 Å². The maximum atomic E-state index is 13.2. The van der Waals surface area contributed by atoms with Crippen LogP contribution in [0.3, 0.4) is 0 Å². The molecule has 0 aliphatic heterocycles. The van der Waals surface area contributed by atoms with E-state index in [1.54, 1.807) is 6.07 Å². The van der Waals surface area contributed by atoms with Gasteiger partial charge in [0.15, 0.2) is 0 Å². The van der Waals surface area contributed by atoms with Crippen LogP contribution in [0.5, 0.6) is 0 Å². The molecule has 2 aromatic rings. The first-order valence-corrected chi connectivity index (χ1v) is 4.65. The number of carbonyl (C=O) groups is 1. The second kappa shape index (κ2) is 3.09. The third-order valence-electron chi connectivity index (χ3n) is 1.96. The van der Waals surface area contributed by atoms with Gasteiger partial charge in [0.25, 0.3) is 5.91 Å². The van der Waals surface area contributed by atoms with Gasteiger partial charge in [-0.1, -0.05) is 15.9 Å². The number of halogens is 2. The quantitative estimate of drug-likeness (QED) is 0.808. The number of rotatable bonds is 1. The van der Waals surface area contributed by atoms with Crippen LogP contribution in [-0.4, -0.2) is 10.9 Å². The lowest BCUT2D eigenvalue weighted by Crippen LogP contribution is -2.10. The summed E-state index contributed by atoms with van der Waals surface area (Å²) in [4.78, 5) is 13.5. The molecule has 0 fully saturated rings. The van der Waals surface area contributed by atoms with Crippen LogP contribution in [0.25, 0.3) is 10.9 Å². The van der Waals surface area contributed by atoms with Crippen molar-refractivity contribution in [1.82, 2.24) is 4.98 Å². The number of aromatic nitrogens is 1. The van der Waals surface area contributed by atoms with Crippen molar-refractivity contribution < 1.29 is 9.18 Å². The molecule has 1 aromatic carbocycles. The van der Waals surface area contributed by atoms with Crippen molar-refractivity contribution in [2.24, 2.45) is 5.73 Å². The zero-order valence-electron chi connectivity index (χ0n) is 6.97. The predicted octanol–water partition coefficient (Wildman–Crippen LogP) is 2.17. The molecule has 0 radical (unpaired) electrons. The zero-order chi connectivity index (χ0) is 10.3. The van der Waals surface area contributed by atoms with Crippen molar-refractivity contribution in [3.63, 3.8) is 0 Å². The number of nitrogens with one attached hydrogen (secondary N) is 1. The molecule has 1 aromatic heterocycles. The molecule has 0 unspecified atom stereocenters. The normalized spacial score (nSPS) is 10.7. The van der Waals surface area contributed by atoms with Gasteiger partial charge < -0.3 is 10.7 Å². The van der Waals surface area contributed by atoms with Gasteiger partial charge in [-0.2, -0.15) is 0 Å². The Bertz CT molecular complexity index is 482. The van der Waals surface area contributed by atoms with Crippen LogP contribution in [0.2, 0.25) is 0 Å². The monoisotopic (exact) mass is 256 g/mol. The summed E-state index contributed by atoms with van der Waals surface area (Å²) in [5.74, 6) is -1.01. The highest BCUT2D eigenvalue weighted by atomic mass is 79.9. The zero-order valence-corrected chi connectivity index (χ0v) is 8.56. The molecule has 14 heavy (non-hydrogen) atoms. The summed E-state index contributed by atoms with van der Waals surface area (Å²) in [6, 6.07) is 4.41. The second-order valence-corrected chi connectivity index (χ2v) is 3.72. The molecule has 0 spiro atoms. The first-order chi connectivity index (χ1) is 6.59. The number of primary amides is 1. The Kier molecular flexibility index (Phi) is 2.03. The van der Waals surface area contributed by atoms with Crippen molar-refractivity contribution in [2.45, 2.75) is 0 Å². The summed E-state index contributed by atoms with van der Waals surface area (Å²) in [6.45, 7) is 0. The third-order valence-corrected chi connectivity index (χ3v) is 2.65.